The summed E-state index contributed by atoms with van der Waals surface area (Å²) in [5.74, 6) is -1.54. The van der Waals surface area contributed by atoms with Crippen LogP contribution in [0.2, 0.25) is 0 Å². The molecule has 3 N–H and O–H groups in total. The minimum atomic E-state index is -1.16. The summed E-state index contributed by atoms with van der Waals surface area (Å²) in [6.07, 6.45) is 1.10. The van der Waals surface area contributed by atoms with Gasteiger partial charge in [0.05, 0.1) is 13.1 Å². The number of rotatable bonds is 7. The first-order valence-electron chi connectivity index (χ1n) is 5.88. The molecule has 0 unspecified atom stereocenters. The van der Waals surface area contributed by atoms with Crippen LogP contribution in [0.15, 0.2) is 16.5 Å². The Kier molecular flexibility index (Phi) is 5.59. The summed E-state index contributed by atoms with van der Waals surface area (Å²) in [7, 11) is 0. The minimum Gasteiger partial charge on any atom is -0.475 e. The average Bonchev–Trinajstić information content (AvgIpc) is 2.83. The van der Waals surface area contributed by atoms with Gasteiger partial charge in [-0.2, -0.15) is 0 Å². The summed E-state index contributed by atoms with van der Waals surface area (Å²) in [4.78, 5) is 33.1. The molecule has 0 spiro atoms. The Labute approximate surface area is 110 Å². The van der Waals surface area contributed by atoms with Crippen molar-refractivity contribution in [1.82, 2.24) is 10.6 Å². The predicted octanol–water partition coefficient (Wildman–Crippen LogP) is 0.510. The lowest BCUT2D eigenvalue weighted by molar-refractivity contribution is -0.126. The molecule has 1 aromatic rings. The van der Waals surface area contributed by atoms with Gasteiger partial charge in [-0.25, -0.2) is 4.79 Å². The number of hydrogen-bond donors (Lipinski definition) is 3. The summed E-state index contributed by atoms with van der Waals surface area (Å²) in [5, 5.41) is 13.6. The van der Waals surface area contributed by atoms with E-state index in [1.807, 2.05) is 6.92 Å². The van der Waals surface area contributed by atoms with Crippen LogP contribution in [-0.4, -0.2) is 29.4 Å². The van der Waals surface area contributed by atoms with Gasteiger partial charge in [0.15, 0.2) is 0 Å². The van der Waals surface area contributed by atoms with Crippen molar-refractivity contribution in [2.75, 3.05) is 6.54 Å². The molecule has 0 bridgehead atoms. The molecular formula is C12H16N2O5. The Balaban J connectivity index is 2.29. The van der Waals surface area contributed by atoms with E-state index in [4.69, 9.17) is 9.52 Å². The van der Waals surface area contributed by atoms with Crippen LogP contribution in [0, 0.1) is 0 Å². The second-order valence-corrected chi connectivity index (χ2v) is 3.87. The summed E-state index contributed by atoms with van der Waals surface area (Å²) in [6.45, 7) is 1.84. The Hall–Kier alpha value is -2.31. The van der Waals surface area contributed by atoms with E-state index in [9.17, 15) is 14.4 Å². The highest BCUT2D eigenvalue weighted by molar-refractivity contribution is 5.85. The summed E-state index contributed by atoms with van der Waals surface area (Å²) in [5.41, 5.74) is 0. The summed E-state index contributed by atoms with van der Waals surface area (Å²) >= 11 is 0. The third kappa shape index (κ3) is 5.24. The van der Waals surface area contributed by atoms with Crippen molar-refractivity contribution in [2.45, 2.75) is 26.3 Å². The molecule has 2 amide bonds. The van der Waals surface area contributed by atoms with Gasteiger partial charge < -0.3 is 20.2 Å². The van der Waals surface area contributed by atoms with Crippen LogP contribution >= 0.6 is 0 Å². The summed E-state index contributed by atoms with van der Waals surface area (Å²) < 4.78 is 4.96. The van der Waals surface area contributed by atoms with Gasteiger partial charge in [0.2, 0.25) is 17.6 Å². The minimum absolute atomic E-state index is 0.0791. The van der Waals surface area contributed by atoms with Crippen molar-refractivity contribution in [3.63, 3.8) is 0 Å². The van der Waals surface area contributed by atoms with E-state index in [0.29, 0.717) is 12.2 Å². The fraction of sp³-hybridized carbons (Fsp3) is 0.417. The Morgan fingerprint density at radius 1 is 1.21 bits per heavy atom. The zero-order valence-electron chi connectivity index (χ0n) is 10.6. The molecule has 0 atom stereocenters. The molecule has 7 nitrogen and oxygen atoms in total. The molecule has 0 aliphatic heterocycles. The molecule has 104 valence electrons. The standard InChI is InChI=1S/C12H16N2O5/c1-2-3-10(15)14-7-11(16)13-6-8-4-5-9(19-8)12(17)18/h4-5H,2-3,6-7H2,1H3,(H,13,16)(H,14,15)(H,17,18). The van der Waals surface area contributed by atoms with Gasteiger partial charge in [-0.1, -0.05) is 6.92 Å². The highest BCUT2D eigenvalue weighted by Crippen LogP contribution is 2.07. The van der Waals surface area contributed by atoms with Gasteiger partial charge in [-0.15, -0.1) is 0 Å². The molecule has 0 radical (unpaired) electrons. The number of aromatic carboxylic acids is 1. The number of furan rings is 1. The van der Waals surface area contributed by atoms with E-state index >= 15 is 0 Å². The zero-order valence-corrected chi connectivity index (χ0v) is 10.6. The Bertz CT molecular complexity index is 466. The third-order valence-electron chi connectivity index (χ3n) is 2.26. The molecular weight excluding hydrogens is 252 g/mol. The molecule has 0 saturated carbocycles. The number of carbonyl (C=O) groups is 3. The molecule has 0 aromatic carbocycles. The number of amides is 2. The maximum atomic E-state index is 11.4. The topological polar surface area (TPSA) is 109 Å². The normalized spacial score (nSPS) is 9.95. The molecule has 0 fully saturated rings. The van der Waals surface area contributed by atoms with Crippen LogP contribution in [0.3, 0.4) is 0 Å². The van der Waals surface area contributed by atoms with E-state index in [1.54, 1.807) is 0 Å². The number of carboxylic acids is 1. The smallest absolute Gasteiger partial charge is 0.371 e. The lowest BCUT2D eigenvalue weighted by Crippen LogP contribution is -2.36. The summed E-state index contributed by atoms with van der Waals surface area (Å²) in [6, 6.07) is 2.78. The molecule has 0 aliphatic carbocycles. The SMILES string of the molecule is CCCC(=O)NCC(=O)NCc1ccc(C(=O)O)o1. The highest BCUT2D eigenvalue weighted by Gasteiger charge is 2.10. The second kappa shape index (κ2) is 7.20. The fourth-order valence-corrected chi connectivity index (χ4v) is 1.33. The van der Waals surface area contributed by atoms with E-state index < -0.39 is 5.97 Å². The predicted molar refractivity (Wildman–Crippen MR) is 65.4 cm³/mol. The van der Waals surface area contributed by atoms with Crippen LogP contribution in [0.25, 0.3) is 0 Å². The second-order valence-electron chi connectivity index (χ2n) is 3.87. The Morgan fingerprint density at radius 3 is 2.53 bits per heavy atom. The van der Waals surface area contributed by atoms with Crippen molar-refractivity contribution in [1.29, 1.82) is 0 Å². The fourth-order valence-electron chi connectivity index (χ4n) is 1.33. The average molecular weight is 268 g/mol. The maximum Gasteiger partial charge on any atom is 0.371 e. The van der Waals surface area contributed by atoms with Crippen molar-refractivity contribution < 1.29 is 23.9 Å². The van der Waals surface area contributed by atoms with Crippen molar-refractivity contribution in [2.24, 2.45) is 0 Å². The number of carboxylic acid groups (broad SMARTS) is 1. The van der Waals surface area contributed by atoms with Gasteiger partial charge in [-0.3, -0.25) is 9.59 Å². The van der Waals surface area contributed by atoms with Crippen LogP contribution in [0.4, 0.5) is 0 Å². The molecule has 1 rings (SSSR count). The van der Waals surface area contributed by atoms with Crippen molar-refractivity contribution in [3.8, 4) is 0 Å². The van der Waals surface area contributed by atoms with E-state index in [1.165, 1.54) is 12.1 Å². The lowest BCUT2D eigenvalue weighted by atomic mass is 10.3. The van der Waals surface area contributed by atoms with Crippen molar-refractivity contribution >= 4 is 17.8 Å². The van der Waals surface area contributed by atoms with Crippen molar-refractivity contribution in [3.05, 3.63) is 23.7 Å². The molecule has 0 aliphatic rings. The van der Waals surface area contributed by atoms with E-state index in [0.717, 1.165) is 6.42 Å². The van der Waals surface area contributed by atoms with Crippen LogP contribution < -0.4 is 10.6 Å². The third-order valence-corrected chi connectivity index (χ3v) is 2.26. The first kappa shape index (κ1) is 14.7. The van der Waals surface area contributed by atoms with Crippen LogP contribution in [-0.2, 0) is 16.1 Å². The molecule has 1 heterocycles. The number of carbonyl (C=O) groups excluding carboxylic acids is 2. The maximum absolute atomic E-state index is 11.4. The van der Waals surface area contributed by atoms with Gasteiger partial charge in [0.1, 0.15) is 5.76 Å². The monoisotopic (exact) mass is 268 g/mol. The molecule has 1 aromatic heterocycles. The quantitative estimate of drug-likeness (QED) is 0.667. The number of nitrogens with one attached hydrogen (secondary N) is 2. The zero-order chi connectivity index (χ0) is 14.3. The number of hydrogen-bond acceptors (Lipinski definition) is 4. The highest BCUT2D eigenvalue weighted by atomic mass is 16.4. The van der Waals surface area contributed by atoms with E-state index in [2.05, 4.69) is 10.6 Å². The lowest BCUT2D eigenvalue weighted by Gasteiger charge is -2.05. The van der Waals surface area contributed by atoms with Gasteiger partial charge in [-0.05, 0) is 18.6 Å². The van der Waals surface area contributed by atoms with Gasteiger partial charge in [0, 0.05) is 6.42 Å². The first-order chi connectivity index (χ1) is 9.02. The van der Waals surface area contributed by atoms with Crippen LogP contribution in [0.5, 0.6) is 0 Å². The molecule has 7 heteroatoms. The van der Waals surface area contributed by atoms with Crippen LogP contribution in [0.1, 0.15) is 36.1 Å². The Morgan fingerprint density at radius 2 is 1.95 bits per heavy atom. The van der Waals surface area contributed by atoms with E-state index in [-0.39, 0.29) is 30.7 Å². The van der Waals surface area contributed by atoms with Gasteiger partial charge >= 0.3 is 5.97 Å². The largest absolute Gasteiger partial charge is 0.475 e. The molecule has 19 heavy (non-hydrogen) atoms. The first-order valence-corrected chi connectivity index (χ1v) is 5.88. The molecule has 0 saturated heterocycles. The van der Waals surface area contributed by atoms with Gasteiger partial charge in [0.25, 0.3) is 0 Å².